The number of carbonyl (C=O) groups is 3. The van der Waals surface area contributed by atoms with Gasteiger partial charge in [-0.15, -0.1) is 0 Å². The summed E-state index contributed by atoms with van der Waals surface area (Å²) >= 11 is 0. The van der Waals surface area contributed by atoms with Gasteiger partial charge in [0.05, 0.1) is 7.11 Å². The van der Waals surface area contributed by atoms with E-state index in [1.165, 1.54) is 20.0 Å². The molecular weight excluding hydrogens is 666 g/mol. The van der Waals surface area contributed by atoms with Crippen LogP contribution in [0.5, 0.6) is 0 Å². The molecule has 8 heteroatoms. The third-order valence-corrected chi connectivity index (χ3v) is 8.61. The third-order valence-electron chi connectivity index (χ3n) is 8.61. The molecule has 0 aromatic heterocycles. The molecule has 0 saturated carbocycles. The maximum absolute atomic E-state index is 13.1. The molecule has 1 atom stereocenters. The highest BCUT2D eigenvalue weighted by molar-refractivity contribution is 5.94. The van der Waals surface area contributed by atoms with Crippen molar-refractivity contribution in [2.75, 3.05) is 13.7 Å². The van der Waals surface area contributed by atoms with Gasteiger partial charge in [0.25, 0.3) is 0 Å². The number of carbonyl (C=O) groups excluding carboxylic acids is 3. The Balaban J connectivity index is 1.43. The number of unbranched alkanes of at least 4 members (excludes halogenated alkanes) is 7. The van der Waals surface area contributed by atoms with E-state index in [-0.39, 0.29) is 6.42 Å². The molecule has 8 nitrogen and oxygen atoms in total. The number of ether oxygens (including phenoxy) is 4. The van der Waals surface area contributed by atoms with Gasteiger partial charge in [-0.2, -0.15) is 4.90 Å². The highest BCUT2D eigenvalue weighted by Crippen LogP contribution is 2.40. The van der Waals surface area contributed by atoms with Crippen LogP contribution in [0.15, 0.2) is 103 Å². The predicted octanol–water partition coefficient (Wildman–Crippen LogP) is 11.2. The van der Waals surface area contributed by atoms with Gasteiger partial charge in [-0.1, -0.05) is 135 Å². The van der Waals surface area contributed by atoms with Crippen LogP contribution < -0.4 is 0 Å². The number of rotatable bonds is 19. The maximum atomic E-state index is 13.1. The first-order chi connectivity index (χ1) is 25.3. The van der Waals surface area contributed by atoms with Crippen LogP contribution in [0.2, 0.25) is 0 Å². The van der Waals surface area contributed by atoms with E-state index >= 15 is 0 Å². The zero-order valence-electron chi connectivity index (χ0n) is 33.0. The molecule has 0 unspecified atom stereocenters. The lowest BCUT2D eigenvalue weighted by atomic mass is 9.80. The average molecular weight is 728 g/mol. The lowest BCUT2D eigenvalue weighted by Crippen LogP contribution is -2.52. The van der Waals surface area contributed by atoms with Gasteiger partial charge in [0, 0.05) is 6.61 Å². The van der Waals surface area contributed by atoms with Crippen molar-refractivity contribution in [3.63, 3.8) is 0 Å². The summed E-state index contributed by atoms with van der Waals surface area (Å²) in [4.78, 5) is 39.6. The summed E-state index contributed by atoms with van der Waals surface area (Å²) < 4.78 is 22.8. The lowest BCUT2D eigenvalue weighted by molar-refractivity contribution is -0.146. The molecule has 288 valence electrons. The molecule has 3 aromatic carbocycles. The zero-order valence-corrected chi connectivity index (χ0v) is 33.0. The summed E-state index contributed by atoms with van der Waals surface area (Å²) in [5.41, 5.74) is 0.961. The van der Waals surface area contributed by atoms with Crippen LogP contribution in [0, 0.1) is 0 Å². The van der Waals surface area contributed by atoms with Crippen LogP contribution >= 0.6 is 0 Å². The van der Waals surface area contributed by atoms with Gasteiger partial charge in [0.1, 0.15) is 22.8 Å². The largest absolute Gasteiger partial charge is 0.467 e. The summed E-state index contributed by atoms with van der Waals surface area (Å²) in [7, 11) is 1.23. The molecule has 0 saturated heterocycles. The molecule has 2 amide bonds. The number of hydrogen-bond acceptors (Lipinski definition) is 7. The van der Waals surface area contributed by atoms with Gasteiger partial charge < -0.3 is 18.9 Å². The number of benzene rings is 3. The molecule has 0 heterocycles. The summed E-state index contributed by atoms with van der Waals surface area (Å²) in [6.07, 6.45) is 11.6. The summed E-state index contributed by atoms with van der Waals surface area (Å²) in [5, 5.41) is 0. The zero-order chi connectivity index (χ0) is 38.7. The minimum atomic E-state index is -1.17. The first kappa shape index (κ1) is 43.0. The van der Waals surface area contributed by atoms with Gasteiger partial charge in [-0.3, -0.25) is 0 Å². The molecule has 0 radical (unpaired) electrons. The van der Waals surface area contributed by atoms with E-state index in [4.69, 9.17) is 18.9 Å². The lowest BCUT2D eigenvalue weighted by Gasteiger charge is -2.36. The number of nitrogens with zero attached hydrogens (tertiary/aromatic N) is 1. The van der Waals surface area contributed by atoms with Gasteiger partial charge in [-0.05, 0) is 90.3 Å². The van der Waals surface area contributed by atoms with Gasteiger partial charge in [0.15, 0.2) is 0 Å². The predicted molar refractivity (Wildman–Crippen MR) is 211 cm³/mol. The Bertz CT molecular complexity index is 1420. The molecule has 0 bridgehead atoms. The van der Waals surface area contributed by atoms with E-state index in [1.807, 2.05) is 24.3 Å². The Morgan fingerprint density at radius 3 is 1.40 bits per heavy atom. The second kappa shape index (κ2) is 21.3. The number of allylic oxidation sites excluding steroid dienone is 2. The van der Waals surface area contributed by atoms with E-state index in [0.29, 0.717) is 13.0 Å². The fourth-order valence-corrected chi connectivity index (χ4v) is 6.17. The fourth-order valence-electron chi connectivity index (χ4n) is 6.17. The molecule has 3 rings (SSSR count). The summed E-state index contributed by atoms with van der Waals surface area (Å²) in [6.45, 7) is 10.8. The Labute approximate surface area is 317 Å². The molecule has 0 N–H and O–H groups in total. The monoisotopic (exact) mass is 727 g/mol. The molecule has 53 heavy (non-hydrogen) atoms. The van der Waals surface area contributed by atoms with Crippen molar-refractivity contribution in [3.8, 4) is 0 Å². The first-order valence-corrected chi connectivity index (χ1v) is 19.1. The van der Waals surface area contributed by atoms with E-state index < -0.39 is 41.0 Å². The number of methoxy groups -OCH3 is 1. The minimum Gasteiger partial charge on any atom is -0.467 e. The smallest absolute Gasteiger partial charge is 0.420 e. The van der Waals surface area contributed by atoms with Crippen LogP contribution in [-0.2, 0) is 29.3 Å². The number of imide groups is 1. The maximum Gasteiger partial charge on any atom is 0.420 e. The van der Waals surface area contributed by atoms with Crippen LogP contribution in [0.1, 0.15) is 122 Å². The van der Waals surface area contributed by atoms with Crippen LogP contribution in [0.25, 0.3) is 0 Å². The van der Waals surface area contributed by atoms with Gasteiger partial charge in [-0.25, -0.2) is 14.4 Å². The normalized spacial score (nSPS) is 12.7. The van der Waals surface area contributed by atoms with Crippen molar-refractivity contribution in [1.29, 1.82) is 0 Å². The molecular formula is C45H61NO7. The SMILES string of the molecule is COC(=O)[C@H](CC/C=C\CCCCCCCCCOC(c1ccccc1)(c1ccccc1)c1ccccc1)N(C(=O)OC(C)(C)C)C(=O)OC(C)(C)C. The second-order valence-electron chi connectivity index (χ2n) is 15.3. The van der Waals surface area contributed by atoms with Crippen molar-refractivity contribution < 1.29 is 33.3 Å². The second-order valence-corrected chi connectivity index (χ2v) is 15.3. The Kier molecular flexibility index (Phi) is 17.3. The summed E-state index contributed by atoms with van der Waals surface area (Å²) in [5.74, 6) is -0.704. The van der Waals surface area contributed by atoms with Crippen molar-refractivity contribution in [1.82, 2.24) is 4.90 Å². The Hall–Kier alpha value is -4.43. The van der Waals surface area contributed by atoms with Crippen molar-refractivity contribution in [3.05, 3.63) is 120 Å². The average Bonchev–Trinajstić information content (AvgIpc) is 3.12. The van der Waals surface area contributed by atoms with Crippen LogP contribution in [0.3, 0.4) is 0 Å². The summed E-state index contributed by atoms with van der Waals surface area (Å²) in [6, 6.07) is 30.3. The quantitative estimate of drug-likeness (QED) is 0.0399. The fraction of sp³-hybridized carbons (Fsp3) is 0.489. The van der Waals surface area contributed by atoms with Crippen molar-refractivity contribution in [2.24, 2.45) is 0 Å². The third kappa shape index (κ3) is 14.1. The Morgan fingerprint density at radius 2 is 0.981 bits per heavy atom. The van der Waals surface area contributed by atoms with Crippen LogP contribution in [-0.4, -0.2) is 54.0 Å². The van der Waals surface area contributed by atoms with E-state index in [0.717, 1.165) is 60.1 Å². The topological polar surface area (TPSA) is 91.4 Å². The van der Waals surface area contributed by atoms with E-state index in [9.17, 15) is 14.4 Å². The molecule has 3 aromatic rings. The standard InChI is InChI=1S/C45H61NO7/c1-43(2,3)52-41(48)46(42(49)53-44(4,5)6)39(40(47)50-7)34-26-15-13-11-9-8-10-12-14-16-27-35-51-45(36-28-20-17-21-29-36,37-30-22-18-23-31-37)38-32-24-19-25-33-38/h13,15,17-25,28-33,39H,8-12,14,16,26-27,34-35H2,1-7H3/b15-13-/t39-/m0/s1. The van der Waals surface area contributed by atoms with Crippen LogP contribution in [0.4, 0.5) is 9.59 Å². The highest BCUT2D eigenvalue weighted by atomic mass is 16.6. The van der Waals surface area contributed by atoms with Gasteiger partial charge >= 0.3 is 18.2 Å². The molecule has 0 aliphatic heterocycles. The van der Waals surface area contributed by atoms with Crippen molar-refractivity contribution in [2.45, 2.75) is 129 Å². The number of hydrogen-bond donors (Lipinski definition) is 0. The van der Waals surface area contributed by atoms with E-state index in [2.05, 4.69) is 78.9 Å². The minimum absolute atomic E-state index is 0.189. The Morgan fingerprint density at radius 1 is 0.585 bits per heavy atom. The van der Waals surface area contributed by atoms with Gasteiger partial charge in [0.2, 0.25) is 0 Å². The highest BCUT2D eigenvalue weighted by Gasteiger charge is 2.41. The molecule has 0 aliphatic rings. The van der Waals surface area contributed by atoms with E-state index in [1.54, 1.807) is 41.5 Å². The molecule has 0 aliphatic carbocycles. The number of amides is 2. The number of esters is 1. The first-order valence-electron chi connectivity index (χ1n) is 19.1. The molecule has 0 fully saturated rings. The molecule has 0 spiro atoms. The van der Waals surface area contributed by atoms with Crippen molar-refractivity contribution >= 4 is 18.2 Å².